The Bertz CT molecular complexity index is 296. The third-order valence-corrected chi connectivity index (χ3v) is 2.32. The van der Waals surface area contributed by atoms with Gasteiger partial charge in [0.05, 0.1) is 6.61 Å². The Kier molecular flexibility index (Phi) is 6.48. The Labute approximate surface area is 105 Å². The van der Waals surface area contributed by atoms with Gasteiger partial charge in [-0.25, -0.2) is 0 Å². The summed E-state index contributed by atoms with van der Waals surface area (Å²) >= 11 is 0. The van der Waals surface area contributed by atoms with Crippen LogP contribution in [0.4, 0.5) is 5.69 Å². The topological polar surface area (TPSA) is 33.3 Å². The molecule has 0 heterocycles. The third kappa shape index (κ3) is 6.17. The Morgan fingerprint density at radius 1 is 1.12 bits per heavy atom. The molecule has 0 atom stereocenters. The molecule has 0 aliphatic carbocycles. The molecule has 3 heteroatoms. The summed E-state index contributed by atoms with van der Waals surface area (Å²) in [4.78, 5) is 0. The largest absolute Gasteiger partial charge is 0.493 e. The van der Waals surface area contributed by atoms with Crippen LogP contribution in [0.5, 0.6) is 5.75 Å². The van der Waals surface area contributed by atoms with E-state index in [4.69, 9.17) is 4.74 Å². The number of ether oxygens (including phenoxy) is 1. The van der Waals surface area contributed by atoms with Crippen molar-refractivity contribution in [3.63, 3.8) is 0 Å². The molecule has 17 heavy (non-hydrogen) atoms. The van der Waals surface area contributed by atoms with Crippen LogP contribution in [0.15, 0.2) is 24.3 Å². The van der Waals surface area contributed by atoms with Crippen LogP contribution < -0.4 is 15.4 Å². The fourth-order valence-corrected chi connectivity index (χ4v) is 1.40. The molecule has 0 aromatic heterocycles. The van der Waals surface area contributed by atoms with E-state index in [0.29, 0.717) is 5.92 Å². The first-order chi connectivity index (χ1) is 8.22. The Morgan fingerprint density at radius 3 is 2.41 bits per heavy atom. The maximum Gasteiger partial charge on any atom is 0.119 e. The van der Waals surface area contributed by atoms with Crippen LogP contribution in [0.3, 0.4) is 0 Å². The van der Waals surface area contributed by atoms with Crippen molar-refractivity contribution in [2.75, 3.05) is 31.6 Å². The summed E-state index contributed by atoms with van der Waals surface area (Å²) in [5, 5.41) is 6.63. The van der Waals surface area contributed by atoms with E-state index >= 15 is 0 Å². The zero-order valence-electron chi connectivity index (χ0n) is 11.1. The summed E-state index contributed by atoms with van der Waals surface area (Å²) in [5.41, 5.74) is 1.14. The van der Waals surface area contributed by atoms with Crippen molar-refractivity contribution in [1.29, 1.82) is 0 Å². The minimum absolute atomic E-state index is 0.563. The summed E-state index contributed by atoms with van der Waals surface area (Å²) < 4.78 is 5.63. The molecule has 3 nitrogen and oxygen atoms in total. The summed E-state index contributed by atoms with van der Waals surface area (Å²) in [6.07, 6.45) is 0. The predicted octanol–water partition coefficient (Wildman–Crippen LogP) is 2.74. The second kappa shape index (κ2) is 7.96. The van der Waals surface area contributed by atoms with E-state index in [1.807, 2.05) is 12.1 Å². The number of benzene rings is 1. The number of likely N-dealkylation sites (N-methyl/N-ethyl adjacent to an activating group) is 1. The van der Waals surface area contributed by atoms with Crippen molar-refractivity contribution < 1.29 is 4.74 Å². The van der Waals surface area contributed by atoms with Crippen LogP contribution in [0.1, 0.15) is 20.8 Å². The van der Waals surface area contributed by atoms with Crippen LogP contribution in [0, 0.1) is 5.92 Å². The van der Waals surface area contributed by atoms with E-state index in [9.17, 15) is 0 Å². The Morgan fingerprint density at radius 2 is 1.82 bits per heavy atom. The highest BCUT2D eigenvalue weighted by molar-refractivity contribution is 5.46. The number of nitrogens with one attached hydrogen (secondary N) is 2. The van der Waals surface area contributed by atoms with Gasteiger partial charge in [-0.1, -0.05) is 20.8 Å². The minimum atomic E-state index is 0.563. The van der Waals surface area contributed by atoms with Crippen molar-refractivity contribution in [3.05, 3.63) is 24.3 Å². The molecular formula is C14H24N2O. The van der Waals surface area contributed by atoms with Gasteiger partial charge in [0, 0.05) is 18.8 Å². The summed E-state index contributed by atoms with van der Waals surface area (Å²) in [6.45, 7) is 10.1. The van der Waals surface area contributed by atoms with Crippen LogP contribution in [0.25, 0.3) is 0 Å². The fourth-order valence-electron chi connectivity index (χ4n) is 1.40. The van der Waals surface area contributed by atoms with Crippen molar-refractivity contribution in [1.82, 2.24) is 5.32 Å². The zero-order valence-corrected chi connectivity index (χ0v) is 11.1. The van der Waals surface area contributed by atoms with Gasteiger partial charge in [-0.3, -0.25) is 0 Å². The van der Waals surface area contributed by atoms with E-state index in [-0.39, 0.29) is 0 Å². The average molecular weight is 236 g/mol. The Balaban J connectivity index is 2.29. The molecule has 0 saturated heterocycles. The van der Waals surface area contributed by atoms with Crippen molar-refractivity contribution >= 4 is 5.69 Å². The van der Waals surface area contributed by atoms with Crippen molar-refractivity contribution in [2.24, 2.45) is 5.92 Å². The van der Waals surface area contributed by atoms with E-state index in [1.54, 1.807) is 0 Å². The van der Waals surface area contributed by atoms with Gasteiger partial charge in [0.25, 0.3) is 0 Å². The zero-order chi connectivity index (χ0) is 12.5. The molecule has 0 unspecified atom stereocenters. The monoisotopic (exact) mass is 236 g/mol. The van der Waals surface area contributed by atoms with E-state index < -0.39 is 0 Å². The average Bonchev–Trinajstić information content (AvgIpc) is 2.33. The van der Waals surface area contributed by atoms with E-state index in [0.717, 1.165) is 37.7 Å². The van der Waals surface area contributed by atoms with Gasteiger partial charge in [-0.2, -0.15) is 0 Å². The molecule has 0 amide bonds. The molecule has 1 rings (SSSR count). The second-order valence-electron chi connectivity index (χ2n) is 4.51. The normalized spacial score (nSPS) is 10.6. The Hall–Kier alpha value is -1.22. The smallest absolute Gasteiger partial charge is 0.119 e. The van der Waals surface area contributed by atoms with Gasteiger partial charge in [0.1, 0.15) is 5.75 Å². The summed E-state index contributed by atoms with van der Waals surface area (Å²) in [5.74, 6) is 1.50. The standard InChI is InChI=1S/C14H24N2O/c1-4-15-9-10-16-13-5-7-14(8-6-13)17-11-12(2)3/h5-8,12,15-16H,4,9-11H2,1-3H3. The van der Waals surface area contributed by atoms with Gasteiger partial charge in [0.2, 0.25) is 0 Å². The van der Waals surface area contributed by atoms with Gasteiger partial charge in [-0.15, -0.1) is 0 Å². The lowest BCUT2D eigenvalue weighted by molar-refractivity contribution is 0.271. The van der Waals surface area contributed by atoms with Gasteiger partial charge < -0.3 is 15.4 Å². The van der Waals surface area contributed by atoms with Crippen molar-refractivity contribution in [3.8, 4) is 5.75 Å². The van der Waals surface area contributed by atoms with Crippen LogP contribution in [-0.2, 0) is 0 Å². The SMILES string of the molecule is CCNCCNc1ccc(OCC(C)C)cc1. The van der Waals surface area contributed by atoms with Gasteiger partial charge in [0.15, 0.2) is 0 Å². The van der Waals surface area contributed by atoms with Gasteiger partial charge >= 0.3 is 0 Å². The first-order valence-electron chi connectivity index (χ1n) is 6.39. The number of anilines is 1. The van der Waals surface area contributed by atoms with E-state index in [2.05, 4.69) is 43.5 Å². The second-order valence-corrected chi connectivity index (χ2v) is 4.51. The number of rotatable bonds is 8. The van der Waals surface area contributed by atoms with Crippen molar-refractivity contribution in [2.45, 2.75) is 20.8 Å². The molecule has 0 aliphatic heterocycles. The highest BCUT2D eigenvalue weighted by Gasteiger charge is 1.97. The number of hydrogen-bond acceptors (Lipinski definition) is 3. The molecule has 2 N–H and O–H groups in total. The molecule has 0 radical (unpaired) electrons. The fraction of sp³-hybridized carbons (Fsp3) is 0.571. The van der Waals surface area contributed by atoms with Crippen LogP contribution >= 0.6 is 0 Å². The highest BCUT2D eigenvalue weighted by Crippen LogP contribution is 2.16. The molecule has 1 aromatic rings. The molecule has 0 fully saturated rings. The lowest BCUT2D eigenvalue weighted by Gasteiger charge is -2.10. The molecule has 1 aromatic carbocycles. The minimum Gasteiger partial charge on any atom is -0.493 e. The lowest BCUT2D eigenvalue weighted by atomic mass is 10.2. The first kappa shape index (κ1) is 13.8. The molecule has 0 spiro atoms. The molecule has 0 aliphatic rings. The highest BCUT2D eigenvalue weighted by atomic mass is 16.5. The quantitative estimate of drug-likeness (QED) is 0.681. The van der Waals surface area contributed by atoms with E-state index in [1.165, 1.54) is 0 Å². The molecular weight excluding hydrogens is 212 g/mol. The summed E-state index contributed by atoms with van der Waals surface area (Å²) in [7, 11) is 0. The maximum atomic E-state index is 5.63. The van der Waals surface area contributed by atoms with Gasteiger partial charge in [-0.05, 0) is 36.7 Å². The predicted molar refractivity (Wildman–Crippen MR) is 73.8 cm³/mol. The lowest BCUT2D eigenvalue weighted by Crippen LogP contribution is -2.21. The van der Waals surface area contributed by atoms with Crippen LogP contribution in [0.2, 0.25) is 0 Å². The molecule has 0 saturated carbocycles. The third-order valence-electron chi connectivity index (χ3n) is 2.32. The molecule has 96 valence electrons. The molecule has 0 bridgehead atoms. The summed E-state index contributed by atoms with van der Waals surface area (Å²) in [6, 6.07) is 8.14. The maximum absolute atomic E-state index is 5.63. The van der Waals surface area contributed by atoms with Crippen LogP contribution in [-0.4, -0.2) is 26.2 Å². The number of hydrogen-bond donors (Lipinski definition) is 2. The first-order valence-corrected chi connectivity index (χ1v) is 6.39.